The normalized spacial score (nSPS) is 12.7. The third-order valence-electron chi connectivity index (χ3n) is 4.37. The summed E-state index contributed by atoms with van der Waals surface area (Å²) in [6, 6.07) is 0. The number of rotatable bonds is 10. The molecule has 2 rings (SSSR count). The Balaban J connectivity index is 2.25. The molecule has 0 saturated carbocycles. The number of aliphatic hydroxyl groups is 1. The molecule has 2 N–H and O–H groups in total. The topological polar surface area (TPSA) is 95.5 Å². The van der Waals surface area contributed by atoms with Crippen LogP contribution in [0.2, 0.25) is 0 Å². The van der Waals surface area contributed by atoms with E-state index in [1.165, 1.54) is 11.3 Å². The van der Waals surface area contributed by atoms with Gasteiger partial charge in [-0.15, -0.1) is 17.9 Å². The van der Waals surface area contributed by atoms with Gasteiger partial charge in [0.25, 0.3) is 5.56 Å². The zero-order chi connectivity index (χ0) is 20.8. The Morgan fingerprint density at radius 1 is 1.46 bits per heavy atom. The minimum absolute atomic E-state index is 0.232. The Labute approximate surface area is 169 Å². The van der Waals surface area contributed by atoms with E-state index in [9.17, 15) is 14.7 Å². The van der Waals surface area contributed by atoms with Crippen molar-refractivity contribution in [3.63, 3.8) is 0 Å². The number of carbonyl (C=O) groups excluding carboxylic acids is 1. The number of hydrogen-bond donors (Lipinski definition) is 2. The Bertz CT molecular complexity index is 887. The second kappa shape index (κ2) is 9.95. The van der Waals surface area contributed by atoms with Crippen LogP contribution in [0.5, 0.6) is 0 Å². The zero-order valence-corrected chi connectivity index (χ0v) is 17.8. The Hall–Kier alpha value is -2.03. The first-order valence-corrected chi connectivity index (χ1v) is 10.3. The van der Waals surface area contributed by atoms with Crippen molar-refractivity contribution < 1.29 is 14.6 Å². The van der Waals surface area contributed by atoms with E-state index in [1.54, 1.807) is 26.8 Å². The number of aromatic amines is 1. The molecule has 0 aliphatic heterocycles. The van der Waals surface area contributed by atoms with Crippen molar-refractivity contribution in [3.8, 4) is 0 Å². The lowest BCUT2D eigenvalue weighted by molar-refractivity contribution is 0.0383. The number of likely N-dealkylation sites (N-methyl/N-ethyl adjacent to an activating group) is 1. The maximum absolute atomic E-state index is 12.6. The van der Waals surface area contributed by atoms with Crippen LogP contribution >= 0.6 is 11.3 Å². The molecule has 0 unspecified atom stereocenters. The molecule has 154 valence electrons. The summed E-state index contributed by atoms with van der Waals surface area (Å²) in [6.07, 6.45) is 2.49. The molecule has 8 heteroatoms. The maximum Gasteiger partial charge on any atom is 0.348 e. The number of aliphatic hydroxyl groups excluding tert-OH is 1. The van der Waals surface area contributed by atoms with Gasteiger partial charge in [-0.3, -0.25) is 9.69 Å². The van der Waals surface area contributed by atoms with Gasteiger partial charge in [0.2, 0.25) is 0 Å². The highest BCUT2D eigenvalue weighted by Gasteiger charge is 2.21. The van der Waals surface area contributed by atoms with Crippen molar-refractivity contribution in [3.05, 3.63) is 39.3 Å². The summed E-state index contributed by atoms with van der Waals surface area (Å²) in [5, 5.41) is 10.6. The molecule has 0 aromatic carbocycles. The maximum atomic E-state index is 12.6. The van der Waals surface area contributed by atoms with Gasteiger partial charge in [0, 0.05) is 6.54 Å². The smallest absolute Gasteiger partial charge is 0.348 e. The average Bonchev–Trinajstić information content (AvgIpc) is 2.96. The summed E-state index contributed by atoms with van der Waals surface area (Å²) in [5.41, 5.74) is 0.332. The number of aryl methyl sites for hydroxylation is 1. The quantitative estimate of drug-likeness (QED) is 0.464. The van der Waals surface area contributed by atoms with E-state index in [4.69, 9.17) is 4.74 Å². The highest BCUT2D eigenvalue weighted by Crippen LogP contribution is 2.28. The van der Waals surface area contributed by atoms with Crippen molar-refractivity contribution in [1.82, 2.24) is 14.9 Å². The number of nitrogens with zero attached hydrogens (tertiary/aromatic N) is 2. The van der Waals surface area contributed by atoms with Crippen molar-refractivity contribution in [1.29, 1.82) is 0 Å². The van der Waals surface area contributed by atoms with Crippen molar-refractivity contribution in [2.24, 2.45) is 0 Å². The van der Waals surface area contributed by atoms with Gasteiger partial charge in [-0.1, -0.05) is 13.0 Å². The van der Waals surface area contributed by atoms with E-state index in [-0.39, 0.29) is 11.7 Å². The van der Waals surface area contributed by atoms with E-state index in [0.29, 0.717) is 52.5 Å². The predicted octanol–water partition coefficient (Wildman–Crippen LogP) is 3.01. The highest BCUT2D eigenvalue weighted by atomic mass is 32.1. The highest BCUT2D eigenvalue weighted by molar-refractivity contribution is 7.20. The third kappa shape index (κ3) is 5.50. The molecule has 0 radical (unpaired) electrons. The summed E-state index contributed by atoms with van der Waals surface area (Å²) in [6.45, 7) is 12.6. The van der Waals surface area contributed by atoms with Gasteiger partial charge in [0.15, 0.2) is 0 Å². The van der Waals surface area contributed by atoms with Gasteiger partial charge < -0.3 is 14.8 Å². The van der Waals surface area contributed by atoms with Crippen LogP contribution in [0.15, 0.2) is 17.4 Å². The molecule has 1 atom stereocenters. The molecule has 0 aliphatic rings. The second-order valence-electron chi connectivity index (χ2n) is 7.05. The summed E-state index contributed by atoms with van der Waals surface area (Å²) >= 11 is 1.18. The zero-order valence-electron chi connectivity index (χ0n) is 16.9. The van der Waals surface area contributed by atoms with Gasteiger partial charge in [0.05, 0.1) is 24.1 Å². The van der Waals surface area contributed by atoms with Crippen LogP contribution in [0.3, 0.4) is 0 Å². The SMILES string of the molecule is C=CCC[C@H](O)CN(CC)Cc1nc2sc(C(=O)OC(C)C)c(C)c2c(=O)[nH]1. The Kier molecular flexibility index (Phi) is 7.91. The number of allylic oxidation sites excluding steroid dienone is 1. The first-order valence-electron chi connectivity index (χ1n) is 9.51. The number of H-pyrrole nitrogens is 1. The van der Waals surface area contributed by atoms with E-state index >= 15 is 0 Å². The lowest BCUT2D eigenvalue weighted by atomic mass is 10.2. The van der Waals surface area contributed by atoms with E-state index in [2.05, 4.69) is 16.5 Å². The number of esters is 1. The summed E-state index contributed by atoms with van der Waals surface area (Å²) < 4.78 is 5.26. The van der Waals surface area contributed by atoms with Crippen LogP contribution in [-0.4, -0.2) is 51.2 Å². The van der Waals surface area contributed by atoms with Gasteiger partial charge in [-0.05, 0) is 45.7 Å². The number of carbonyl (C=O) groups is 1. The van der Waals surface area contributed by atoms with E-state index in [1.807, 2.05) is 11.8 Å². The average molecular weight is 408 g/mol. The molecule has 0 amide bonds. The molecule has 0 saturated heterocycles. The number of ether oxygens (including phenoxy) is 1. The molecule has 0 bridgehead atoms. The second-order valence-corrected chi connectivity index (χ2v) is 8.05. The molecule has 28 heavy (non-hydrogen) atoms. The van der Waals surface area contributed by atoms with Crippen LogP contribution in [-0.2, 0) is 11.3 Å². The van der Waals surface area contributed by atoms with E-state index < -0.39 is 12.1 Å². The first-order chi connectivity index (χ1) is 13.3. The molecule has 0 aliphatic carbocycles. The number of thiophene rings is 1. The molecule has 7 nitrogen and oxygen atoms in total. The van der Waals surface area contributed by atoms with Gasteiger partial charge in [-0.25, -0.2) is 9.78 Å². The van der Waals surface area contributed by atoms with Crippen LogP contribution in [0, 0.1) is 6.92 Å². The summed E-state index contributed by atoms with van der Waals surface area (Å²) in [7, 11) is 0. The Morgan fingerprint density at radius 3 is 2.79 bits per heavy atom. The molecule has 0 spiro atoms. The van der Waals surface area contributed by atoms with E-state index in [0.717, 1.165) is 6.42 Å². The van der Waals surface area contributed by atoms with Crippen molar-refractivity contribution >= 4 is 27.5 Å². The van der Waals surface area contributed by atoms with Crippen LogP contribution in [0.25, 0.3) is 10.2 Å². The van der Waals surface area contributed by atoms with Crippen LogP contribution in [0.1, 0.15) is 54.7 Å². The molecule has 2 aromatic heterocycles. The largest absolute Gasteiger partial charge is 0.459 e. The third-order valence-corrected chi connectivity index (χ3v) is 5.54. The van der Waals surface area contributed by atoms with Crippen LogP contribution in [0.4, 0.5) is 0 Å². The van der Waals surface area contributed by atoms with Gasteiger partial charge in [0.1, 0.15) is 15.5 Å². The van der Waals surface area contributed by atoms with Gasteiger partial charge >= 0.3 is 5.97 Å². The molecule has 0 fully saturated rings. The lowest BCUT2D eigenvalue weighted by Crippen LogP contribution is -2.33. The van der Waals surface area contributed by atoms with Gasteiger partial charge in [-0.2, -0.15) is 0 Å². The molecule has 2 heterocycles. The number of fused-ring (bicyclic) bond motifs is 1. The molecular weight excluding hydrogens is 378 g/mol. The minimum Gasteiger partial charge on any atom is -0.459 e. The monoisotopic (exact) mass is 407 g/mol. The fourth-order valence-corrected chi connectivity index (χ4v) is 4.03. The van der Waals surface area contributed by atoms with Crippen LogP contribution < -0.4 is 5.56 Å². The summed E-state index contributed by atoms with van der Waals surface area (Å²) in [4.78, 5) is 35.2. The minimum atomic E-state index is -0.463. The fourth-order valence-electron chi connectivity index (χ4n) is 2.94. The first kappa shape index (κ1) is 22.3. The lowest BCUT2D eigenvalue weighted by Gasteiger charge is -2.22. The van der Waals surface area contributed by atoms with Crippen molar-refractivity contribution in [2.45, 2.75) is 59.3 Å². The fraction of sp³-hybridized carbons (Fsp3) is 0.550. The number of hydrogen-bond acceptors (Lipinski definition) is 7. The number of nitrogens with one attached hydrogen (secondary N) is 1. The van der Waals surface area contributed by atoms with Crippen molar-refractivity contribution in [2.75, 3.05) is 13.1 Å². The standard InChI is InChI=1S/C20H29N3O4S/c1-6-8-9-14(24)10-23(7-2)11-15-21-18(25)16-13(5)17(28-19(16)22-15)20(26)27-12(3)4/h6,12,14,24H,1,7-11H2,2-5H3,(H,21,22,25)/t14-/m0/s1. The summed E-state index contributed by atoms with van der Waals surface area (Å²) in [5.74, 6) is 0.0808. The molecule has 2 aromatic rings. The Morgan fingerprint density at radius 2 is 2.18 bits per heavy atom. The molecular formula is C20H29N3O4S. The number of aromatic nitrogens is 2. The predicted molar refractivity (Wildman–Crippen MR) is 112 cm³/mol.